The molecule has 9 nitrogen and oxygen atoms in total. The lowest BCUT2D eigenvalue weighted by Gasteiger charge is -2.38. The number of carbonyl (C=O) groups is 2. The predicted molar refractivity (Wildman–Crippen MR) is 159 cm³/mol. The molecule has 228 valence electrons. The number of H-pyrrole nitrogens is 1. The summed E-state index contributed by atoms with van der Waals surface area (Å²) < 4.78 is 29.6. The van der Waals surface area contributed by atoms with Crippen LogP contribution in [-0.2, 0) is 20.7 Å². The first-order chi connectivity index (χ1) is 20.0. The topological polar surface area (TPSA) is 97.0 Å². The number of carbonyl (C=O) groups excluding carboxylic acids is 2. The maximum atomic E-state index is 12.9. The quantitative estimate of drug-likeness (QED) is 0.294. The van der Waals surface area contributed by atoms with Crippen molar-refractivity contribution in [2.24, 2.45) is 5.92 Å². The summed E-state index contributed by atoms with van der Waals surface area (Å²) >= 11 is 0. The third-order valence-corrected chi connectivity index (χ3v) is 7.55. The molecule has 1 aliphatic rings. The Hall–Kier alpha value is -3.66. The van der Waals surface area contributed by atoms with Crippen molar-refractivity contribution in [2.75, 3.05) is 46.6 Å². The van der Waals surface area contributed by atoms with Crippen LogP contribution >= 0.6 is 0 Å². The molecular weight excluding hydrogens is 539 g/mol. The van der Waals surface area contributed by atoms with E-state index in [2.05, 4.69) is 33.1 Å². The first-order valence-electron chi connectivity index (χ1n) is 14.6. The van der Waals surface area contributed by atoms with Crippen molar-refractivity contribution in [3.63, 3.8) is 0 Å². The van der Waals surface area contributed by atoms with Crippen molar-refractivity contribution < 1.29 is 28.2 Å². The van der Waals surface area contributed by atoms with Crippen molar-refractivity contribution in [3.8, 4) is 5.88 Å². The van der Waals surface area contributed by atoms with E-state index >= 15 is 0 Å². The normalized spacial score (nSPS) is 16.1. The first-order valence-corrected chi connectivity index (χ1v) is 14.6. The van der Waals surface area contributed by atoms with E-state index in [1.54, 1.807) is 27.0 Å². The number of amides is 1. The maximum Gasteiger partial charge on any atom is 0.410 e. The number of methoxy groups -OCH3 is 1. The molecule has 3 aromatic rings. The average Bonchev–Trinajstić information content (AvgIpc) is 3.33. The van der Waals surface area contributed by atoms with Gasteiger partial charge in [0, 0.05) is 48.0 Å². The monoisotopic (exact) mass is 582 g/mol. The number of esters is 1. The van der Waals surface area contributed by atoms with Gasteiger partial charge in [-0.1, -0.05) is 25.1 Å². The molecule has 0 saturated heterocycles. The molecule has 42 heavy (non-hydrogen) atoms. The number of hydrogen-bond acceptors (Lipinski definition) is 7. The molecule has 0 fully saturated rings. The Morgan fingerprint density at radius 3 is 2.69 bits per heavy atom. The van der Waals surface area contributed by atoms with Gasteiger partial charge in [-0.05, 0) is 63.8 Å². The van der Waals surface area contributed by atoms with Crippen LogP contribution in [0, 0.1) is 12.8 Å². The number of ether oxygens (including phenoxy) is 3. The van der Waals surface area contributed by atoms with Gasteiger partial charge in [0.05, 0.1) is 32.3 Å². The summed E-state index contributed by atoms with van der Waals surface area (Å²) in [6.07, 6.45) is 2.31. The van der Waals surface area contributed by atoms with E-state index in [0.29, 0.717) is 12.4 Å². The zero-order valence-corrected chi connectivity index (χ0v) is 25.5. The van der Waals surface area contributed by atoms with Gasteiger partial charge >= 0.3 is 12.1 Å². The third-order valence-electron chi connectivity index (χ3n) is 7.55. The van der Waals surface area contributed by atoms with E-state index in [0.717, 1.165) is 35.3 Å². The third kappa shape index (κ3) is 7.21. The van der Waals surface area contributed by atoms with Crippen LogP contribution in [0.25, 0.3) is 10.9 Å². The fraction of sp³-hybridized carbons (Fsp3) is 0.531. The lowest BCUT2D eigenvalue weighted by Crippen LogP contribution is -2.41. The molecule has 10 heteroatoms. The van der Waals surface area contributed by atoms with Gasteiger partial charge in [-0.3, -0.25) is 14.1 Å². The van der Waals surface area contributed by atoms with E-state index < -0.39 is 18.4 Å². The Bertz CT molecular complexity index is 1380. The first kappa shape index (κ1) is 31.3. The molecule has 2 unspecified atom stereocenters. The number of fused-ring (bicyclic) bond motifs is 3. The number of aromatic amines is 1. The van der Waals surface area contributed by atoms with Crippen LogP contribution in [0.2, 0.25) is 0 Å². The van der Waals surface area contributed by atoms with Gasteiger partial charge in [0.25, 0.3) is 0 Å². The number of pyridine rings is 1. The largest absolute Gasteiger partial charge is 0.476 e. The molecule has 3 heterocycles. The summed E-state index contributed by atoms with van der Waals surface area (Å²) in [7, 11) is 1.42. The summed E-state index contributed by atoms with van der Waals surface area (Å²) in [6.45, 7) is 10.7. The predicted octanol–water partition coefficient (Wildman–Crippen LogP) is 5.60. The minimum Gasteiger partial charge on any atom is -0.476 e. The minimum absolute atomic E-state index is 0.151. The molecule has 2 aromatic heterocycles. The van der Waals surface area contributed by atoms with Crippen molar-refractivity contribution >= 4 is 23.0 Å². The van der Waals surface area contributed by atoms with Crippen LogP contribution in [0.1, 0.15) is 62.5 Å². The second kappa shape index (κ2) is 13.5. The highest BCUT2D eigenvalue weighted by Gasteiger charge is 2.35. The Morgan fingerprint density at radius 2 is 1.98 bits per heavy atom. The SMILES string of the molecule is COC(=O)C(C)CN1CCc2c([nH]c3ccccc23)C1c1ccnc(OCCN(CCCF)C(=O)OC(C)(C)C)c1C. The van der Waals surface area contributed by atoms with Gasteiger partial charge in [0.15, 0.2) is 0 Å². The van der Waals surface area contributed by atoms with Gasteiger partial charge in [-0.25, -0.2) is 9.78 Å². The minimum atomic E-state index is -0.656. The van der Waals surface area contributed by atoms with E-state index in [9.17, 15) is 14.0 Å². The molecule has 1 amide bonds. The second-order valence-electron chi connectivity index (χ2n) is 11.8. The molecule has 0 bridgehead atoms. The van der Waals surface area contributed by atoms with Crippen molar-refractivity contribution in [1.29, 1.82) is 0 Å². The Kier molecular flexibility index (Phi) is 10.1. The molecule has 4 rings (SSSR count). The summed E-state index contributed by atoms with van der Waals surface area (Å²) in [5.41, 5.74) is 4.69. The van der Waals surface area contributed by atoms with E-state index in [-0.39, 0.29) is 44.0 Å². The van der Waals surface area contributed by atoms with Gasteiger partial charge < -0.3 is 24.1 Å². The molecular formula is C32H43FN4O5. The van der Waals surface area contributed by atoms with E-state index in [1.165, 1.54) is 23.0 Å². The molecule has 0 saturated carbocycles. The van der Waals surface area contributed by atoms with Gasteiger partial charge in [-0.2, -0.15) is 0 Å². The molecule has 1 aliphatic heterocycles. The number of alkyl halides is 1. The number of rotatable bonds is 11. The highest BCUT2D eigenvalue weighted by molar-refractivity contribution is 5.85. The highest BCUT2D eigenvalue weighted by atomic mass is 19.1. The summed E-state index contributed by atoms with van der Waals surface area (Å²) in [4.78, 5) is 37.0. The molecule has 1 aromatic carbocycles. The fourth-order valence-corrected chi connectivity index (χ4v) is 5.56. The van der Waals surface area contributed by atoms with Gasteiger partial charge in [0.2, 0.25) is 5.88 Å². The van der Waals surface area contributed by atoms with Crippen LogP contribution in [0.4, 0.5) is 9.18 Å². The van der Waals surface area contributed by atoms with Crippen molar-refractivity contribution in [1.82, 2.24) is 19.8 Å². The van der Waals surface area contributed by atoms with E-state index in [1.807, 2.05) is 26.0 Å². The second-order valence-corrected chi connectivity index (χ2v) is 11.8. The molecule has 2 atom stereocenters. The number of nitrogens with zero attached hydrogens (tertiary/aromatic N) is 3. The number of para-hydroxylation sites is 1. The molecule has 1 N–H and O–H groups in total. The van der Waals surface area contributed by atoms with Crippen LogP contribution in [0.3, 0.4) is 0 Å². The summed E-state index contributed by atoms with van der Waals surface area (Å²) in [5, 5.41) is 1.21. The van der Waals surface area contributed by atoms with Crippen molar-refractivity contribution in [3.05, 3.63) is 58.9 Å². The lowest BCUT2D eigenvalue weighted by molar-refractivity contribution is -0.145. The molecule has 0 radical (unpaired) electrons. The number of hydrogen-bond donors (Lipinski definition) is 1. The maximum absolute atomic E-state index is 12.9. The zero-order chi connectivity index (χ0) is 30.4. The zero-order valence-electron chi connectivity index (χ0n) is 25.5. The highest BCUT2D eigenvalue weighted by Crippen LogP contribution is 2.40. The number of nitrogens with one attached hydrogen (secondary N) is 1. The van der Waals surface area contributed by atoms with Gasteiger partial charge in [-0.15, -0.1) is 0 Å². The Balaban J connectivity index is 1.61. The smallest absolute Gasteiger partial charge is 0.410 e. The molecule has 0 aliphatic carbocycles. The van der Waals surface area contributed by atoms with Crippen LogP contribution in [0.15, 0.2) is 36.5 Å². The number of halogens is 1. The van der Waals surface area contributed by atoms with Gasteiger partial charge in [0.1, 0.15) is 12.2 Å². The molecule has 0 spiro atoms. The Morgan fingerprint density at radius 1 is 1.21 bits per heavy atom. The lowest BCUT2D eigenvalue weighted by atomic mass is 9.90. The van der Waals surface area contributed by atoms with Crippen molar-refractivity contribution in [2.45, 2.75) is 59.1 Å². The number of benzene rings is 1. The average molecular weight is 583 g/mol. The summed E-state index contributed by atoms with van der Waals surface area (Å²) in [5.74, 6) is -0.0789. The fourth-order valence-electron chi connectivity index (χ4n) is 5.56. The standard InChI is InChI=1S/C32H43FN4O5/c1-21(30(38)40-6)20-37-17-13-25-24-10-7-8-11-26(24)35-27(25)28(37)23-12-15-34-29(22(23)2)41-19-18-36(16-9-14-33)31(39)42-32(3,4)5/h7-8,10-12,15,21,28,35H,9,13-14,16-20H2,1-6H3. The van der Waals surface area contributed by atoms with Crippen LogP contribution in [0.5, 0.6) is 5.88 Å². The summed E-state index contributed by atoms with van der Waals surface area (Å²) in [6, 6.07) is 10.1. The Labute approximate surface area is 247 Å². The van der Waals surface area contributed by atoms with Crippen LogP contribution < -0.4 is 4.74 Å². The number of aromatic nitrogens is 2. The van der Waals surface area contributed by atoms with Crippen LogP contribution in [-0.4, -0.2) is 84.0 Å². The van der Waals surface area contributed by atoms with E-state index in [4.69, 9.17) is 14.2 Å².